The van der Waals surface area contributed by atoms with Crippen molar-refractivity contribution in [1.82, 2.24) is 15.4 Å². The van der Waals surface area contributed by atoms with Crippen LogP contribution >= 0.6 is 22.9 Å². The average molecular weight is 528 g/mol. The third kappa shape index (κ3) is 6.56. The molecule has 2 aromatic rings. The third-order valence-electron chi connectivity index (χ3n) is 4.60. The van der Waals surface area contributed by atoms with Gasteiger partial charge in [-0.3, -0.25) is 4.79 Å². The van der Waals surface area contributed by atoms with Crippen LogP contribution in [0.2, 0.25) is 5.02 Å². The number of nitrogens with one attached hydrogen (secondary N) is 3. The second kappa shape index (κ2) is 11.5. The minimum Gasteiger partial charge on any atom is -0.463 e. The van der Waals surface area contributed by atoms with Crippen molar-refractivity contribution >= 4 is 50.9 Å². The SMILES string of the molecule is CCOC(=O)C1=C(COC(=O)CCNS(=O)(=O)c2ccc(Cl)cc2)NC(=O)NC1c1cccs1. The number of sulfonamides is 1. The Balaban J connectivity index is 1.64. The molecule has 0 fully saturated rings. The van der Waals surface area contributed by atoms with Crippen LogP contribution in [0.5, 0.6) is 0 Å². The van der Waals surface area contributed by atoms with Gasteiger partial charge in [-0.15, -0.1) is 11.3 Å². The molecule has 1 aliphatic heterocycles. The lowest BCUT2D eigenvalue weighted by Crippen LogP contribution is -2.47. The van der Waals surface area contributed by atoms with Gasteiger partial charge in [-0.05, 0) is 42.6 Å². The van der Waals surface area contributed by atoms with Gasteiger partial charge in [0.15, 0.2) is 0 Å². The summed E-state index contributed by atoms with van der Waals surface area (Å²) in [6.07, 6.45) is -0.268. The minimum absolute atomic E-state index is 0.00605. The molecule has 2 heterocycles. The summed E-state index contributed by atoms with van der Waals surface area (Å²) in [7, 11) is -3.83. The fourth-order valence-corrected chi connectivity index (χ4v) is 5.00. The molecule has 182 valence electrons. The molecule has 0 spiro atoms. The average Bonchev–Trinajstić information content (AvgIpc) is 3.32. The molecule has 3 rings (SSSR count). The van der Waals surface area contributed by atoms with Gasteiger partial charge in [-0.1, -0.05) is 17.7 Å². The first-order valence-corrected chi connectivity index (χ1v) is 12.9. The van der Waals surface area contributed by atoms with Crippen LogP contribution < -0.4 is 15.4 Å². The van der Waals surface area contributed by atoms with E-state index in [1.165, 1.54) is 35.6 Å². The molecule has 1 aliphatic rings. The topological polar surface area (TPSA) is 140 Å². The fourth-order valence-electron chi connectivity index (χ4n) is 3.06. The lowest BCUT2D eigenvalue weighted by atomic mass is 10.0. The third-order valence-corrected chi connectivity index (χ3v) is 7.27. The summed E-state index contributed by atoms with van der Waals surface area (Å²) < 4.78 is 37.2. The van der Waals surface area contributed by atoms with Crippen molar-refractivity contribution in [3.8, 4) is 0 Å². The van der Waals surface area contributed by atoms with Crippen molar-refractivity contribution in [1.29, 1.82) is 0 Å². The van der Waals surface area contributed by atoms with E-state index in [2.05, 4.69) is 15.4 Å². The van der Waals surface area contributed by atoms with Gasteiger partial charge in [0, 0.05) is 16.4 Å². The molecule has 10 nitrogen and oxygen atoms in total. The van der Waals surface area contributed by atoms with E-state index in [1.807, 2.05) is 0 Å². The maximum absolute atomic E-state index is 12.6. The molecule has 0 saturated carbocycles. The highest BCUT2D eigenvalue weighted by atomic mass is 35.5. The van der Waals surface area contributed by atoms with Crippen LogP contribution in [0.25, 0.3) is 0 Å². The van der Waals surface area contributed by atoms with Crippen molar-refractivity contribution in [2.45, 2.75) is 24.3 Å². The molecule has 13 heteroatoms. The minimum atomic E-state index is -3.83. The van der Waals surface area contributed by atoms with Gasteiger partial charge in [0.05, 0.1) is 35.2 Å². The smallest absolute Gasteiger partial charge is 0.338 e. The van der Waals surface area contributed by atoms with Crippen LogP contribution in [0.3, 0.4) is 0 Å². The highest BCUT2D eigenvalue weighted by molar-refractivity contribution is 7.89. The Morgan fingerprint density at radius 3 is 2.56 bits per heavy atom. The maximum Gasteiger partial charge on any atom is 0.338 e. The second-order valence-electron chi connectivity index (χ2n) is 6.92. The number of thiophene rings is 1. The molecule has 1 unspecified atom stereocenters. The number of amides is 2. The number of urea groups is 1. The number of benzene rings is 1. The number of esters is 2. The van der Waals surface area contributed by atoms with Crippen LogP contribution in [0, 0.1) is 0 Å². The summed E-state index contributed by atoms with van der Waals surface area (Å²) in [4.78, 5) is 37.7. The van der Waals surface area contributed by atoms with Crippen molar-refractivity contribution in [3.63, 3.8) is 0 Å². The summed E-state index contributed by atoms with van der Waals surface area (Å²) in [5.74, 6) is -1.38. The molecule has 0 bridgehead atoms. The highest BCUT2D eigenvalue weighted by Crippen LogP contribution is 2.30. The Kier molecular flexibility index (Phi) is 8.67. The number of ether oxygens (including phenoxy) is 2. The molecular formula is C21H22ClN3O7S2. The largest absolute Gasteiger partial charge is 0.463 e. The van der Waals surface area contributed by atoms with E-state index in [1.54, 1.807) is 24.4 Å². The van der Waals surface area contributed by atoms with Crippen LogP contribution in [-0.4, -0.2) is 46.1 Å². The van der Waals surface area contributed by atoms with Gasteiger partial charge in [-0.25, -0.2) is 22.7 Å². The van der Waals surface area contributed by atoms with Crippen molar-refractivity contribution < 1.29 is 32.3 Å². The van der Waals surface area contributed by atoms with Crippen molar-refractivity contribution in [2.24, 2.45) is 0 Å². The van der Waals surface area contributed by atoms with Crippen LogP contribution in [0.15, 0.2) is 57.9 Å². The fraction of sp³-hybridized carbons (Fsp3) is 0.286. The molecule has 1 aromatic carbocycles. The molecule has 34 heavy (non-hydrogen) atoms. The van der Waals surface area contributed by atoms with Crippen molar-refractivity contribution in [2.75, 3.05) is 19.8 Å². The molecule has 1 atom stereocenters. The zero-order valence-corrected chi connectivity index (χ0v) is 20.4. The Morgan fingerprint density at radius 1 is 1.18 bits per heavy atom. The molecule has 3 N–H and O–H groups in total. The van der Waals surface area contributed by atoms with E-state index in [-0.39, 0.29) is 35.7 Å². The van der Waals surface area contributed by atoms with E-state index >= 15 is 0 Å². The van der Waals surface area contributed by atoms with E-state index in [4.69, 9.17) is 21.1 Å². The first kappa shape index (κ1) is 25.7. The molecule has 1 aromatic heterocycles. The Labute approximate surface area is 205 Å². The van der Waals surface area contributed by atoms with E-state index in [9.17, 15) is 22.8 Å². The number of hydrogen-bond acceptors (Lipinski definition) is 8. The van der Waals surface area contributed by atoms with Crippen molar-refractivity contribution in [3.05, 3.63) is 62.9 Å². The van der Waals surface area contributed by atoms with E-state index in [0.29, 0.717) is 9.90 Å². The monoisotopic (exact) mass is 527 g/mol. The summed E-state index contributed by atoms with van der Waals surface area (Å²) in [5.41, 5.74) is 0.218. The lowest BCUT2D eigenvalue weighted by Gasteiger charge is -2.28. The number of rotatable bonds is 10. The number of carbonyl (C=O) groups is 3. The molecule has 0 saturated heterocycles. The van der Waals surface area contributed by atoms with Gasteiger partial charge < -0.3 is 20.1 Å². The molecule has 0 aliphatic carbocycles. The summed E-state index contributed by atoms with van der Waals surface area (Å²) in [6.45, 7) is 1.16. The molecular weight excluding hydrogens is 506 g/mol. The second-order valence-corrected chi connectivity index (χ2v) is 10.1. The van der Waals surface area contributed by atoms with Crippen LogP contribution in [-0.2, 0) is 29.1 Å². The molecule has 0 radical (unpaired) electrons. The van der Waals surface area contributed by atoms with Gasteiger partial charge >= 0.3 is 18.0 Å². The number of halogens is 1. The number of hydrogen-bond donors (Lipinski definition) is 3. The van der Waals surface area contributed by atoms with Gasteiger partial charge in [0.2, 0.25) is 10.0 Å². The summed E-state index contributed by atoms with van der Waals surface area (Å²) in [6, 6.07) is 7.79. The first-order valence-electron chi connectivity index (χ1n) is 10.1. The first-order chi connectivity index (χ1) is 16.2. The van der Waals surface area contributed by atoms with Crippen LogP contribution in [0.4, 0.5) is 4.79 Å². The maximum atomic E-state index is 12.6. The lowest BCUT2D eigenvalue weighted by molar-refractivity contribution is -0.143. The van der Waals surface area contributed by atoms with Gasteiger partial charge in [0.25, 0.3) is 0 Å². The Morgan fingerprint density at radius 2 is 1.91 bits per heavy atom. The molecule has 2 amide bonds. The predicted molar refractivity (Wildman–Crippen MR) is 125 cm³/mol. The Bertz CT molecular complexity index is 1180. The van der Waals surface area contributed by atoms with Crippen LogP contribution in [0.1, 0.15) is 24.3 Å². The van der Waals surface area contributed by atoms with E-state index < -0.39 is 40.6 Å². The summed E-state index contributed by atoms with van der Waals surface area (Å²) in [5, 5.41) is 7.36. The van der Waals surface area contributed by atoms with E-state index in [0.717, 1.165) is 0 Å². The zero-order valence-electron chi connectivity index (χ0n) is 18.0. The Hall–Kier alpha value is -2.93. The van der Waals surface area contributed by atoms with Gasteiger partial charge in [-0.2, -0.15) is 0 Å². The highest BCUT2D eigenvalue weighted by Gasteiger charge is 2.34. The normalized spacial score (nSPS) is 15.9. The predicted octanol–water partition coefficient (Wildman–Crippen LogP) is 2.48. The number of carbonyl (C=O) groups excluding carboxylic acids is 3. The summed E-state index contributed by atoms with van der Waals surface area (Å²) >= 11 is 7.11. The van der Waals surface area contributed by atoms with Gasteiger partial charge in [0.1, 0.15) is 6.61 Å². The quantitative estimate of drug-likeness (QED) is 0.403. The zero-order chi connectivity index (χ0) is 24.7. The standard InChI is InChI=1S/C21H22ClN3O7S2/c1-2-31-20(27)18-15(24-21(28)25-19(18)16-4-3-11-33-16)12-32-17(26)9-10-23-34(29,30)14-7-5-13(22)6-8-14/h3-8,11,19,23H,2,9-10,12H2,1H3,(H2,24,25,28).